The smallest absolute Gasteiger partial charge is 0.237 e. The van der Waals surface area contributed by atoms with Crippen LogP contribution in [0.25, 0.3) is 0 Å². The van der Waals surface area contributed by atoms with Gasteiger partial charge in [-0.05, 0) is 13.3 Å². The summed E-state index contributed by atoms with van der Waals surface area (Å²) in [5.41, 5.74) is -0.0658. The Morgan fingerprint density at radius 1 is 1.39 bits per heavy atom. The van der Waals surface area contributed by atoms with Crippen LogP contribution >= 0.6 is 23.5 Å². The van der Waals surface area contributed by atoms with Crippen LogP contribution < -0.4 is 15.7 Å². The van der Waals surface area contributed by atoms with E-state index in [0.717, 1.165) is 35.6 Å². The zero-order valence-corrected chi connectivity index (χ0v) is 21.0. The number of hydrogen-bond donors (Lipinski definition) is 3. The van der Waals surface area contributed by atoms with Crippen molar-refractivity contribution in [3.05, 3.63) is 10.6 Å². The van der Waals surface area contributed by atoms with Crippen molar-refractivity contribution in [1.29, 1.82) is 0 Å². The highest BCUT2D eigenvalue weighted by atomic mass is 32.2. The van der Waals surface area contributed by atoms with Gasteiger partial charge in [-0.15, -0.1) is 11.8 Å². The highest BCUT2D eigenvalue weighted by Gasteiger charge is 2.59. The average Bonchev–Trinajstić information content (AvgIpc) is 3.30. The molecule has 0 aliphatic carbocycles. The maximum Gasteiger partial charge on any atom is 0.237 e. The molecule has 0 aromatic heterocycles. The number of aliphatic hydroxyl groups is 1. The molecule has 4 aliphatic rings. The van der Waals surface area contributed by atoms with E-state index >= 15 is 0 Å². The minimum atomic E-state index is -1.36. The van der Waals surface area contributed by atoms with Crippen LogP contribution in [0.5, 0.6) is 0 Å². The Bertz CT molecular complexity index is 845. The van der Waals surface area contributed by atoms with Crippen LogP contribution in [0.4, 0.5) is 0 Å². The summed E-state index contributed by atoms with van der Waals surface area (Å²) in [5, 5.41) is 28.2. The van der Waals surface area contributed by atoms with Gasteiger partial charge >= 0.3 is 0 Å². The summed E-state index contributed by atoms with van der Waals surface area (Å²) in [7, 11) is 2.24. The van der Waals surface area contributed by atoms with Crippen molar-refractivity contribution in [3.8, 4) is 0 Å². The van der Waals surface area contributed by atoms with Gasteiger partial charge < -0.3 is 35.0 Å². The van der Waals surface area contributed by atoms with Crippen LogP contribution in [0.2, 0.25) is 0 Å². The molecule has 3 fully saturated rings. The fourth-order valence-corrected chi connectivity index (χ4v) is 8.24. The molecule has 4 aliphatic heterocycles. The van der Waals surface area contributed by atoms with E-state index in [0.29, 0.717) is 24.4 Å². The number of nitrogens with one attached hydrogen (secondary N) is 2. The number of carboxylic acids is 1. The number of β-lactam (4-membered cyclic amide) rings is 1. The number of aliphatic carboxylic acids is 1. The normalized spacial score (nSPS) is 34.1. The number of carbonyl (C=O) groups excluding carboxylic acids is 3. The minimum Gasteiger partial charge on any atom is -0.543 e. The molecule has 4 heterocycles. The SMILES string of the molecule is C[C@@H](O)C1C(=O)N2C(C(=O)[O-])=C(S[C@@H]3CN[C@H](C(=O)NCC[N+]4(C)CCSCC4)C3)[C@H](C)C12. The maximum atomic E-state index is 12.7. The second-order valence-corrected chi connectivity index (χ2v) is 12.5. The molecule has 2 unspecified atom stereocenters. The Hall–Kier alpha value is -1.27. The summed E-state index contributed by atoms with van der Waals surface area (Å²) < 4.78 is 0.992. The summed E-state index contributed by atoms with van der Waals surface area (Å²) in [6, 6.07) is -0.656. The summed E-state index contributed by atoms with van der Waals surface area (Å²) in [6.07, 6.45) is -0.239. The number of rotatable bonds is 8. The van der Waals surface area contributed by atoms with Crippen LogP contribution in [0.1, 0.15) is 20.3 Å². The van der Waals surface area contributed by atoms with Crippen LogP contribution in [0.3, 0.4) is 0 Å². The number of aliphatic hydroxyl groups excluding tert-OH is 1. The van der Waals surface area contributed by atoms with Gasteiger partial charge in [-0.1, -0.05) is 6.92 Å². The van der Waals surface area contributed by atoms with E-state index in [1.54, 1.807) is 6.92 Å². The van der Waals surface area contributed by atoms with E-state index in [2.05, 4.69) is 17.7 Å². The lowest BCUT2D eigenvalue weighted by Gasteiger charge is -2.47. The molecule has 2 amide bonds. The predicted molar refractivity (Wildman–Crippen MR) is 126 cm³/mol. The van der Waals surface area contributed by atoms with Crippen LogP contribution in [0.15, 0.2) is 10.6 Å². The molecule has 3 N–H and O–H groups in total. The summed E-state index contributed by atoms with van der Waals surface area (Å²) in [5.74, 6) is -0.192. The third kappa shape index (κ3) is 4.80. The van der Waals surface area contributed by atoms with Crippen molar-refractivity contribution in [1.82, 2.24) is 15.5 Å². The van der Waals surface area contributed by atoms with Crippen LogP contribution in [-0.4, -0.2) is 107 Å². The van der Waals surface area contributed by atoms with Gasteiger partial charge in [-0.2, -0.15) is 11.8 Å². The molecular weight excluding hydrogens is 464 g/mol. The van der Waals surface area contributed by atoms with Crippen molar-refractivity contribution in [2.75, 3.05) is 51.3 Å². The number of carbonyl (C=O) groups is 3. The van der Waals surface area contributed by atoms with Crippen molar-refractivity contribution < 1.29 is 29.1 Å². The molecule has 9 nitrogen and oxygen atoms in total. The van der Waals surface area contributed by atoms with Crippen molar-refractivity contribution in [2.24, 2.45) is 11.8 Å². The number of hydrogen-bond acceptors (Lipinski definition) is 8. The number of carboxylic acid groups (broad SMARTS) is 1. The number of amides is 2. The van der Waals surface area contributed by atoms with Crippen LogP contribution in [0, 0.1) is 11.8 Å². The van der Waals surface area contributed by atoms with E-state index in [4.69, 9.17) is 0 Å². The van der Waals surface area contributed by atoms with Gasteiger partial charge in [0.25, 0.3) is 0 Å². The lowest BCUT2D eigenvalue weighted by molar-refractivity contribution is -0.904. The summed E-state index contributed by atoms with van der Waals surface area (Å²) in [6.45, 7) is 7.87. The monoisotopic (exact) mass is 498 g/mol. The Labute approximate surface area is 203 Å². The highest BCUT2D eigenvalue weighted by Crippen LogP contribution is 2.51. The topological polar surface area (TPSA) is 122 Å². The molecule has 0 saturated carbocycles. The van der Waals surface area contributed by atoms with Gasteiger partial charge in [0.05, 0.1) is 69.0 Å². The Balaban J connectivity index is 1.32. The zero-order chi connectivity index (χ0) is 23.9. The molecule has 11 heteroatoms. The van der Waals surface area contributed by atoms with Gasteiger partial charge in [-0.3, -0.25) is 9.59 Å². The van der Waals surface area contributed by atoms with Gasteiger partial charge in [-0.25, -0.2) is 0 Å². The number of fused-ring (bicyclic) bond motifs is 1. The molecule has 0 aromatic carbocycles. The number of thioether (sulfide) groups is 2. The Morgan fingerprint density at radius 3 is 2.73 bits per heavy atom. The molecule has 4 rings (SSSR count). The fraction of sp³-hybridized carbons (Fsp3) is 0.773. The molecule has 0 aromatic rings. The maximum absolute atomic E-state index is 12.7. The molecule has 6 atom stereocenters. The van der Waals surface area contributed by atoms with E-state index in [9.17, 15) is 24.6 Å². The van der Waals surface area contributed by atoms with Crippen molar-refractivity contribution >= 4 is 41.3 Å². The fourth-order valence-electron chi connectivity index (χ4n) is 5.42. The number of likely N-dealkylation sites (N-methyl/N-ethyl adjacent to an activating group) is 1. The first-order chi connectivity index (χ1) is 15.6. The average molecular weight is 499 g/mol. The van der Waals surface area contributed by atoms with E-state index in [-0.39, 0.29) is 40.8 Å². The molecule has 0 spiro atoms. The standard InChI is InChI=1S/C22H34N4O5S2/c1-12-17-16(13(2)27)21(29)25(17)18(22(30)31)19(12)33-14-10-15(24-11-14)20(28)23-4-5-26(3)6-8-32-9-7-26/h12-17,24,27H,4-11H2,1-3H3,(H-,23,28,30,31)/t12-,13-,14+,15+,16?,17?/m1/s1. The second-order valence-electron chi connectivity index (χ2n) is 9.88. The zero-order valence-electron chi connectivity index (χ0n) is 19.4. The number of quaternary nitrogens is 1. The Morgan fingerprint density at radius 2 is 2.09 bits per heavy atom. The molecular formula is C22H34N4O5S2. The lowest BCUT2D eigenvalue weighted by atomic mass is 9.79. The van der Waals surface area contributed by atoms with Gasteiger partial charge in [0, 0.05) is 34.1 Å². The highest BCUT2D eigenvalue weighted by molar-refractivity contribution is 8.03. The van der Waals surface area contributed by atoms with Gasteiger partial charge in [0.1, 0.15) is 0 Å². The van der Waals surface area contributed by atoms with Crippen molar-refractivity contribution in [2.45, 2.75) is 43.7 Å². The Kier molecular flexibility index (Phi) is 7.35. The first-order valence-electron chi connectivity index (χ1n) is 11.7. The lowest BCUT2D eigenvalue weighted by Crippen LogP contribution is -2.64. The predicted octanol–water partition coefficient (Wildman–Crippen LogP) is -1.42. The first-order valence-corrected chi connectivity index (χ1v) is 13.7. The summed E-state index contributed by atoms with van der Waals surface area (Å²) in [4.78, 5) is 38.9. The largest absolute Gasteiger partial charge is 0.543 e. The molecule has 33 heavy (non-hydrogen) atoms. The second kappa shape index (κ2) is 9.77. The van der Waals surface area contributed by atoms with E-state index in [1.807, 2.05) is 18.7 Å². The summed E-state index contributed by atoms with van der Waals surface area (Å²) >= 11 is 3.41. The van der Waals surface area contributed by atoms with E-state index in [1.165, 1.54) is 16.7 Å². The molecule has 3 saturated heterocycles. The first kappa shape index (κ1) is 24.8. The van der Waals surface area contributed by atoms with Crippen LogP contribution in [-0.2, 0) is 14.4 Å². The molecule has 0 bridgehead atoms. The third-order valence-electron chi connectivity index (χ3n) is 7.50. The molecule has 184 valence electrons. The third-order valence-corrected chi connectivity index (χ3v) is 9.96. The minimum absolute atomic E-state index is 0.0159. The molecule has 0 radical (unpaired) electrons. The van der Waals surface area contributed by atoms with Crippen molar-refractivity contribution in [3.63, 3.8) is 0 Å². The van der Waals surface area contributed by atoms with Gasteiger partial charge in [0.2, 0.25) is 11.8 Å². The quantitative estimate of drug-likeness (QED) is 0.275. The number of nitrogens with zero attached hydrogens (tertiary/aromatic N) is 2. The van der Waals surface area contributed by atoms with E-state index < -0.39 is 18.0 Å². The van der Waals surface area contributed by atoms with Gasteiger partial charge in [0.15, 0.2) is 0 Å².